The molecule has 1 rings (SSSR count). The standard InChI is InChI=1S/C5H6FNO3S/c1-2-4-7-3-5(10-4)11(6,8)9/h3H,2H2,1H3. The molecule has 0 aliphatic heterocycles. The maximum absolute atomic E-state index is 12.1. The third kappa shape index (κ3) is 1.76. The van der Waals surface area contributed by atoms with Crippen LogP contribution in [-0.4, -0.2) is 13.4 Å². The predicted molar refractivity (Wildman–Crippen MR) is 34.2 cm³/mol. The first-order valence-electron chi connectivity index (χ1n) is 2.93. The summed E-state index contributed by atoms with van der Waals surface area (Å²) in [4.78, 5) is 3.52. The van der Waals surface area contributed by atoms with Crippen molar-refractivity contribution >= 4 is 10.2 Å². The quantitative estimate of drug-likeness (QED) is 0.632. The molecule has 6 heteroatoms. The van der Waals surface area contributed by atoms with Crippen LogP contribution in [0, 0.1) is 0 Å². The van der Waals surface area contributed by atoms with E-state index in [-0.39, 0.29) is 5.89 Å². The summed E-state index contributed by atoms with van der Waals surface area (Å²) in [5.41, 5.74) is 0. The van der Waals surface area contributed by atoms with E-state index in [1.165, 1.54) is 0 Å². The van der Waals surface area contributed by atoms with Crippen molar-refractivity contribution in [3.63, 3.8) is 0 Å². The maximum Gasteiger partial charge on any atom is 0.367 e. The van der Waals surface area contributed by atoms with Crippen LogP contribution in [0.1, 0.15) is 12.8 Å². The molecule has 0 saturated heterocycles. The Hall–Kier alpha value is -0.910. The highest BCUT2D eigenvalue weighted by Crippen LogP contribution is 2.12. The molecule has 0 saturated carbocycles. The average Bonchev–Trinajstić information content (AvgIpc) is 2.32. The van der Waals surface area contributed by atoms with Gasteiger partial charge in [0.2, 0.25) is 0 Å². The van der Waals surface area contributed by atoms with Gasteiger partial charge in [-0.05, 0) is 0 Å². The summed E-state index contributed by atoms with van der Waals surface area (Å²) in [5, 5.41) is -0.727. The Morgan fingerprint density at radius 1 is 1.73 bits per heavy atom. The lowest BCUT2D eigenvalue weighted by Gasteiger charge is -1.84. The van der Waals surface area contributed by atoms with Crippen molar-refractivity contribution in [1.82, 2.24) is 4.98 Å². The molecule has 11 heavy (non-hydrogen) atoms. The highest BCUT2D eigenvalue weighted by molar-refractivity contribution is 7.86. The molecule has 0 amide bonds. The molecule has 0 N–H and O–H groups in total. The summed E-state index contributed by atoms with van der Waals surface area (Å²) in [5.74, 6) is 0.209. The normalized spacial score (nSPS) is 11.8. The number of oxazole rings is 1. The lowest BCUT2D eigenvalue weighted by molar-refractivity contribution is 0.401. The minimum Gasteiger partial charge on any atom is -0.427 e. The molecule has 0 spiro atoms. The van der Waals surface area contributed by atoms with Crippen molar-refractivity contribution < 1.29 is 16.7 Å². The summed E-state index contributed by atoms with van der Waals surface area (Å²) in [6, 6.07) is 0. The number of hydrogen-bond donors (Lipinski definition) is 0. The molecule has 0 aliphatic rings. The van der Waals surface area contributed by atoms with Crippen LogP contribution >= 0.6 is 0 Å². The van der Waals surface area contributed by atoms with E-state index >= 15 is 0 Å². The SMILES string of the molecule is CCc1ncc(S(=O)(=O)F)o1. The average molecular weight is 179 g/mol. The summed E-state index contributed by atoms with van der Waals surface area (Å²) >= 11 is 0. The molecule has 0 aromatic carbocycles. The highest BCUT2D eigenvalue weighted by atomic mass is 32.3. The molecule has 0 aliphatic carbocycles. The van der Waals surface area contributed by atoms with Crippen LogP contribution in [0.15, 0.2) is 15.7 Å². The van der Waals surface area contributed by atoms with Gasteiger partial charge in [-0.1, -0.05) is 10.8 Å². The highest BCUT2D eigenvalue weighted by Gasteiger charge is 2.17. The van der Waals surface area contributed by atoms with E-state index in [2.05, 4.69) is 9.40 Å². The smallest absolute Gasteiger partial charge is 0.367 e. The summed E-state index contributed by atoms with van der Waals surface area (Å²) < 4.78 is 37.0. The van der Waals surface area contributed by atoms with E-state index in [0.29, 0.717) is 6.42 Å². The van der Waals surface area contributed by atoms with Gasteiger partial charge in [-0.3, -0.25) is 0 Å². The van der Waals surface area contributed by atoms with Crippen molar-refractivity contribution in [2.75, 3.05) is 0 Å². The van der Waals surface area contributed by atoms with Gasteiger partial charge in [0.15, 0.2) is 5.89 Å². The summed E-state index contributed by atoms with van der Waals surface area (Å²) in [7, 11) is -4.72. The minimum atomic E-state index is -4.72. The Bertz CT molecular complexity index is 342. The fourth-order valence-corrected chi connectivity index (χ4v) is 0.944. The van der Waals surface area contributed by atoms with Gasteiger partial charge in [-0.15, -0.1) is 0 Å². The molecule has 1 heterocycles. The molecule has 0 atom stereocenters. The van der Waals surface area contributed by atoms with Crippen molar-refractivity contribution in [2.24, 2.45) is 0 Å². The second-order valence-electron chi connectivity index (χ2n) is 1.86. The lowest BCUT2D eigenvalue weighted by atomic mass is 10.5. The fourth-order valence-electron chi connectivity index (χ4n) is 0.570. The van der Waals surface area contributed by atoms with Crippen LogP contribution in [-0.2, 0) is 16.6 Å². The third-order valence-corrected chi connectivity index (χ3v) is 1.74. The van der Waals surface area contributed by atoms with E-state index in [1.54, 1.807) is 6.92 Å². The molecular weight excluding hydrogens is 173 g/mol. The van der Waals surface area contributed by atoms with Crippen molar-refractivity contribution in [3.05, 3.63) is 12.1 Å². The third-order valence-electron chi connectivity index (χ3n) is 1.08. The number of hydrogen-bond acceptors (Lipinski definition) is 4. The van der Waals surface area contributed by atoms with Gasteiger partial charge < -0.3 is 4.42 Å². The zero-order valence-electron chi connectivity index (χ0n) is 5.74. The van der Waals surface area contributed by atoms with E-state index in [9.17, 15) is 12.3 Å². The number of rotatable bonds is 2. The molecule has 4 nitrogen and oxygen atoms in total. The first kappa shape index (κ1) is 8.19. The van der Waals surface area contributed by atoms with Gasteiger partial charge in [0.25, 0.3) is 5.09 Å². The Kier molecular flexibility index (Phi) is 1.95. The molecule has 1 aromatic rings. The van der Waals surface area contributed by atoms with Gasteiger partial charge in [-0.25, -0.2) is 4.98 Å². The fraction of sp³-hybridized carbons (Fsp3) is 0.400. The molecule has 62 valence electrons. The molecule has 0 radical (unpaired) electrons. The molecule has 0 fully saturated rings. The minimum absolute atomic E-state index is 0.209. The molecule has 1 aromatic heterocycles. The van der Waals surface area contributed by atoms with E-state index in [0.717, 1.165) is 6.20 Å². The zero-order chi connectivity index (χ0) is 8.48. The summed E-state index contributed by atoms with van der Waals surface area (Å²) in [6.07, 6.45) is 1.30. The van der Waals surface area contributed by atoms with E-state index in [1.807, 2.05) is 0 Å². The first-order valence-corrected chi connectivity index (χ1v) is 4.31. The Balaban J connectivity index is 3.09. The van der Waals surface area contributed by atoms with Gasteiger partial charge in [0.05, 0.1) is 6.20 Å². The number of aromatic nitrogens is 1. The van der Waals surface area contributed by atoms with Gasteiger partial charge >= 0.3 is 10.2 Å². The van der Waals surface area contributed by atoms with Crippen molar-refractivity contribution in [2.45, 2.75) is 18.4 Å². The van der Waals surface area contributed by atoms with Gasteiger partial charge in [-0.2, -0.15) is 8.42 Å². The number of nitrogens with zero attached hydrogens (tertiary/aromatic N) is 1. The zero-order valence-corrected chi connectivity index (χ0v) is 6.56. The van der Waals surface area contributed by atoms with Crippen LogP contribution in [0.5, 0.6) is 0 Å². The van der Waals surface area contributed by atoms with Gasteiger partial charge in [0, 0.05) is 6.42 Å². The largest absolute Gasteiger partial charge is 0.427 e. The molecule has 0 unspecified atom stereocenters. The number of aryl methyl sites for hydroxylation is 1. The summed E-state index contributed by atoms with van der Waals surface area (Å²) in [6.45, 7) is 1.72. The lowest BCUT2D eigenvalue weighted by Crippen LogP contribution is -1.87. The molecular formula is C5H6FNO3S. The Labute approximate surface area is 63.3 Å². The first-order chi connectivity index (χ1) is 5.04. The van der Waals surface area contributed by atoms with Crippen LogP contribution in [0.3, 0.4) is 0 Å². The van der Waals surface area contributed by atoms with Gasteiger partial charge in [0.1, 0.15) is 0 Å². The van der Waals surface area contributed by atoms with Crippen LogP contribution in [0.4, 0.5) is 3.89 Å². The number of halogens is 1. The molecule has 0 bridgehead atoms. The van der Waals surface area contributed by atoms with Crippen molar-refractivity contribution in [1.29, 1.82) is 0 Å². The Morgan fingerprint density at radius 2 is 2.36 bits per heavy atom. The van der Waals surface area contributed by atoms with Crippen LogP contribution in [0.2, 0.25) is 0 Å². The van der Waals surface area contributed by atoms with Crippen molar-refractivity contribution in [3.8, 4) is 0 Å². The second-order valence-corrected chi connectivity index (χ2v) is 3.14. The maximum atomic E-state index is 12.1. The Morgan fingerprint density at radius 3 is 2.64 bits per heavy atom. The van der Waals surface area contributed by atoms with Crippen LogP contribution < -0.4 is 0 Å². The monoisotopic (exact) mass is 179 g/mol. The predicted octanol–water partition coefficient (Wildman–Crippen LogP) is 0.895. The second kappa shape index (κ2) is 2.61. The van der Waals surface area contributed by atoms with E-state index in [4.69, 9.17) is 0 Å². The topological polar surface area (TPSA) is 60.2 Å². The van der Waals surface area contributed by atoms with Crippen LogP contribution in [0.25, 0.3) is 0 Å². The van der Waals surface area contributed by atoms with E-state index < -0.39 is 15.3 Å².